The largest absolute Gasteiger partial charge is 0.497 e. The van der Waals surface area contributed by atoms with Crippen molar-refractivity contribution < 1.29 is 19.1 Å². The molecule has 5 nitrogen and oxygen atoms in total. The lowest BCUT2D eigenvalue weighted by molar-refractivity contribution is -0.147. The van der Waals surface area contributed by atoms with E-state index < -0.39 is 0 Å². The quantitative estimate of drug-likeness (QED) is 0.522. The summed E-state index contributed by atoms with van der Waals surface area (Å²) in [6.07, 6.45) is 0.678. The van der Waals surface area contributed by atoms with Crippen molar-refractivity contribution in [3.05, 3.63) is 64.3 Å². The molecule has 29 heavy (non-hydrogen) atoms. The van der Waals surface area contributed by atoms with E-state index in [1.807, 2.05) is 32.9 Å². The van der Waals surface area contributed by atoms with Crippen molar-refractivity contribution in [2.45, 2.75) is 39.7 Å². The molecule has 1 heterocycles. The minimum atomic E-state index is -0.316. The van der Waals surface area contributed by atoms with Crippen LogP contribution in [0, 0.1) is 6.92 Å². The predicted molar refractivity (Wildman–Crippen MR) is 114 cm³/mol. The van der Waals surface area contributed by atoms with Gasteiger partial charge >= 0.3 is 5.97 Å². The SMILES string of the molecule is CC[C@@H](C)OC(=O)Cc1c(C)n(C(=O)c2ccc(Cl)cc2)c2ccc(OC)cc12. The van der Waals surface area contributed by atoms with E-state index in [4.69, 9.17) is 21.1 Å². The average molecular weight is 414 g/mol. The van der Waals surface area contributed by atoms with Gasteiger partial charge in [-0.25, -0.2) is 0 Å². The van der Waals surface area contributed by atoms with E-state index in [2.05, 4.69) is 0 Å². The zero-order chi connectivity index (χ0) is 21.1. The third-order valence-corrected chi connectivity index (χ3v) is 5.32. The maximum absolute atomic E-state index is 13.2. The standard InChI is InChI=1S/C23H24ClNO4/c1-5-14(2)29-22(26)13-19-15(3)25(21-11-10-18(28-4)12-20(19)21)23(27)16-6-8-17(24)9-7-16/h6-12,14H,5,13H2,1-4H3/t14-/m1/s1. The normalized spacial score (nSPS) is 12.0. The average Bonchev–Trinajstić information content (AvgIpc) is 2.98. The number of methoxy groups -OCH3 is 1. The number of carbonyl (C=O) groups excluding carboxylic acids is 2. The number of aromatic nitrogens is 1. The molecule has 0 fully saturated rings. The molecule has 0 aliphatic heterocycles. The highest BCUT2D eigenvalue weighted by atomic mass is 35.5. The van der Waals surface area contributed by atoms with Gasteiger partial charge in [-0.1, -0.05) is 18.5 Å². The zero-order valence-corrected chi connectivity index (χ0v) is 17.7. The van der Waals surface area contributed by atoms with E-state index in [0.717, 1.165) is 22.9 Å². The number of hydrogen-bond donors (Lipinski definition) is 0. The monoisotopic (exact) mass is 413 g/mol. The van der Waals surface area contributed by atoms with Crippen LogP contribution in [0.4, 0.5) is 0 Å². The van der Waals surface area contributed by atoms with Gasteiger partial charge in [0.15, 0.2) is 0 Å². The van der Waals surface area contributed by atoms with Gasteiger partial charge in [0.25, 0.3) is 5.91 Å². The number of ether oxygens (including phenoxy) is 2. The van der Waals surface area contributed by atoms with Crippen LogP contribution in [-0.2, 0) is 16.0 Å². The van der Waals surface area contributed by atoms with Crippen molar-refractivity contribution in [2.24, 2.45) is 0 Å². The molecule has 0 bridgehead atoms. The molecule has 0 aliphatic carbocycles. The summed E-state index contributed by atoms with van der Waals surface area (Å²) < 4.78 is 12.4. The van der Waals surface area contributed by atoms with Gasteiger partial charge in [-0.2, -0.15) is 0 Å². The number of halogens is 1. The molecule has 152 valence electrons. The third-order valence-electron chi connectivity index (χ3n) is 5.06. The Balaban J connectivity index is 2.10. The highest BCUT2D eigenvalue weighted by Crippen LogP contribution is 2.31. The van der Waals surface area contributed by atoms with Crippen LogP contribution < -0.4 is 4.74 Å². The van der Waals surface area contributed by atoms with Crippen LogP contribution >= 0.6 is 11.6 Å². The second kappa shape index (κ2) is 8.70. The molecule has 0 saturated heterocycles. The molecule has 6 heteroatoms. The minimum absolute atomic E-state index is 0.0841. The Kier molecular flexibility index (Phi) is 6.28. The van der Waals surface area contributed by atoms with Crippen LogP contribution in [0.1, 0.15) is 41.9 Å². The molecule has 0 spiro atoms. The van der Waals surface area contributed by atoms with E-state index in [1.165, 1.54) is 0 Å². The Hall–Kier alpha value is -2.79. The van der Waals surface area contributed by atoms with E-state index in [0.29, 0.717) is 22.0 Å². The first kappa shape index (κ1) is 20.9. The van der Waals surface area contributed by atoms with E-state index in [-0.39, 0.29) is 24.4 Å². The summed E-state index contributed by atoms with van der Waals surface area (Å²) in [6.45, 7) is 5.66. The smallest absolute Gasteiger partial charge is 0.310 e. The highest BCUT2D eigenvalue weighted by molar-refractivity contribution is 6.30. The fourth-order valence-corrected chi connectivity index (χ4v) is 3.42. The molecule has 0 saturated carbocycles. The Morgan fingerprint density at radius 3 is 2.45 bits per heavy atom. The van der Waals surface area contributed by atoms with Gasteiger partial charge in [0.05, 0.1) is 25.2 Å². The number of hydrogen-bond acceptors (Lipinski definition) is 4. The number of esters is 1. The van der Waals surface area contributed by atoms with Crippen molar-refractivity contribution in [3.63, 3.8) is 0 Å². The first-order chi connectivity index (χ1) is 13.8. The summed E-state index contributed by atoms with van der Waals surface area (Å²) in [5, 5.41) is 1.36. The van der Waals surface area contributed by atoms with Crippen LogP contribution in [0.5, 0.6) is 5.75 Å². The molecular formula is C23H24ClNO4. The molecule has 0 amide bonds. The number of fused-ring (bicyclic) bond motifs is 1. The van der Waals surface area contributed by atoms with Crippen molar-refractivity contribution in [1.29, 1.82) is 0 Å². The third kappa shape index (κ3) is 4.30. The van der Waals surface area contributed by atoms with Gasteiger partial charge in [0.2, 0.25) is 0 Å². The molecule has 0 N–H and O–H groups in total. The molecule has 2 aromatic carbocycles. The van der Waals surface area contributed by atoms with Crippen molar-refractivity contribution >= 4 is 34.4 Å². The maximum atomic E-state index is 13.2. The summed E-state index contributed by atoms with van der Waals surface area (Å²) in [6, 6.07) is 12.2. The van der Waals surface area contributed by atoms with E-state index >= 15 is 0 Å². The topological polar surface area (TPSA) is 57.5 Å². The maximum Gasteiger partial charge on any atom is 0.310 e. The molecule has 1 atom stereocenters. The van der Waals surface area contributed by atoms with Gasteiger partial charge < -0.3 is 9.47 Å². The van der Waals surface area contributed by atoms with Gasteiger partial charge in [-0.05, 0) is 68.3 Å². The van der Waals surface area contributed by atoms with Crippen LogP contribution in [0.2, 0.25) is 5.02 Å². The van der Waals surface area contributed by atoms with Crippen molar-refractivity contribution in [1.82, 2.24) is 4.57 Å². The second-order valence-electron chi connectivity index (χ2n) is 6.98. The van der Waals surface area contributed by atoms with Gasteiger partial charge in [0, 0.05) is 21.7 Å². The molecule has 1 aromatic heterocycles. The summed E-state index contributed by atoms with van der Waals surface area (Å²) in [4.78, 5) is 25.7. The van der Waals surface area contributed by atoms with Crippen molar-refractivity contribution in [2.75, 3.05) is 7.11 Å². The Labute approximate surface area is 175 Å². The van der Waals surface area contributed by atoms with E-state index in [9.17, 15) is 9.59 Å². The molecule has 0 unspecified atom stereocenters. The zero-order valence-electron chi connectivity index (χ0n) is 17.0. The Bertz CT molecular complexity index is 1050. The first-order valence-corrected chi connectivity index (χ1v) is 9.91. The van der Waals surface area contributed by atoms with Gasteiger partial charge in [-0.3, -0.25) is 14.2 Å². The second-order valence-corrected chi connectivity index (χ2v) is 7.42. The van der Waals surface area contributed by atoms with Crippen LogP contribution in [0.3, 0.4) is 0 Å². The van der Waals surface area contributed by atoms with Gasteiger partial charge in [-0.15, -0.1) is 0 Å². The fraction of sp³-hybridized carbons (Fsp3) is 0.304. The first-order valence-electron chi connectivity index (χ1n) is 9.53. The number of carbonyl (C=O) groups is 2. The van der Waals surface area contributed by atoms with Crippen LogP contribution in [-0.4, -0.2) is 29.7 Å². The summed E-state index contributed by atoms with van der Waals surface area (Å²) in [5.74, 6) is 0.157. The molecule has 0 aliphatic rings. The lowest BCUT2D eigenvalue weighted by Gasteiger charge is -2.11. The Morgan fingerprint density at radius 1 is 1.14 bits per heavy atom. The highest BCUT2D eigenvalue weighted by Gasteiger charge is 2.23. The van der Waals surface area contributed by atoms with E-state index in [1.54, 1.807) is 42.0 Å². The molecule has 3 aromatic rings. The lowest BCUT2D eigenvalue weighted by Crippen LogP contribution is -2.17. The Morgan fingerprint density at radius 2 is 1.83 bits per heavy atom. The molecular weight excluding hydrogens is 390 g/mol. The number of rotatable bonds is 6. The van der Waals surface area contributed by atoms with Crippen molar-refractivity contribution in [3.8, 4) is 5.75 Å². The fourth-order valence-electron chi connectivity index (χ4n) is 3.29. The minimum Gasteiger partial charge on any atom is -0.497 e. The summed E-state index contributed by atoms with van der Waals surface area (Å²) in [5.41, 5.74) is 2.69. The van der Waals surface area contributed by atoms with Gasteiger partial charge in [0.1, 0.15) is 5.75 Å². The lowest BCUT2D eigenvalue weighted by atomic mass is 10.1. The predicted octanol–water partition coefficient (Wildman–Crippen LogP) is 5.18. The number of nitrogens with zero attached hydrogens (tertiary/aromatic N) is 1. The van der Waals surface area contributed by atoms with Crippen LogP contribution in [0.25, 0.3) is 10.9 Å². The summed E-state index contributed by atoms with van der Waals surface area (Å²) in [7, 11) is 1.58. The molecule has 3 rings (SSSR count). The van der Waals surface area contributed by atoms with Crippen LogP contribution in [0.15, 0.2) is 42.5 Å². The number of benzene rings is 2. The molecule has 0 radical (unpaired) electrons. The summed E-state index contributed by atoms with van der Waals surface area (Å²) >= 11 is 5.95.